The summed E-state index contributed by atoms with van der Waals surface area (Å²) in [5.41, 5.74) is 1.52. The molecule has 0 unspecified atom stereocenters. The molecule has 1 fully saturated rings. The molecule has 3 aromatic heterocycles. The maximum absolute atomic E-state index is 13.3. The fourth-order valence-electron chi connectivity index (χ4n) is 5.21. The van der Waals surface area contributed by atoms with Crippen molar-refractivity contribution in [2.45, 2.75) is 88.2 Å². The number of thiophene rings is 2. The average molecular weight is 588 g/mol. The molecule has 1 saturated carbocycles. The van der Waals surface area contributed by atoms with E-state index in [-0.39, 0.29) is 37.0 Å². The second kappa shape index (κ2) is 12.6. The number of hydrogen-bond donors (Lipinski definition) is 2. The Bertz CT molecular complexity index is 1330. The van der Waals surface area contributed by atoms with E-state index < -0.39 is 5.25 Å². The summed E-state index contributed by atoms with van der Waals surface area (Å²) >= 11 is 4.23. The van der Waals surface area contributed by atoms with E-state index >= 15 is 0 Å². The number of hydrogen-bond acceptors (Lipinski definition) is 9. The standard InChI is InChI=1S/C27H33N5O4S3/c1-3-36-26(35)22-18-11-7-12-19(18)39-25(22)29-23(33)16(2)38-27-31-30-21(32(27)17-9-5-4-6-10-17)15-28-24(34)20-13-8-14-37-20/h8,13-14,16-17H,3-7,9-12,15H2,1-2H3,(H,28,34)(H,29,33)/t16-/m0/s1. The molecule has 2 amide bonds. The minimum absolute atomic E-state index is 0.134. The van der Waals surface area contributed by atoms with E-state index in [1.54, 1.807) is 13.0 Å². The first-order chi connectivity index (χ1) is 19.0. The third-order valence-electron chi connectivity index (χ3n) is 7.12. The minimum Gasteiger partial charge on any atom is -0.462 e. The lowest BCUT2D eigenvalue weighted by atomic mass is 9.95. The third-order valence-corrected chi connectivity index (χ3v) is 10.2. The number of carbonyl (C=O) groups is 3. The van der Waals surface area contributed by atoms with Gasteiger partial charge < -0.3 is 19.9 Å². The lowest BCUT2D eigenvalue weighted by Gasteiger charge is -2.26. The Hall–Kier alpha value is -2.70. The van der Waals surface area contributed by atoms with Gasteiger partial charge in [-0.15, -0.1) is 32.9 Å². The smallest absolute Gasteiger partial charge is 0.341 e. The number of ether oxygens (including phenoxy) is 1. The molecule has 2 aliphatic rings. The van der Waals surface area contributed by atoms with Crippen LogP contribution in [0.2, 0.25) is 0 Å². The number of nitrogens with one attached hydrogen (secondary N) is 2. The van der Waals surface area contributed by atoms with Crippen molar-refractivity contribution in [3.05, 3.63) is 44.2 Å². The summed E-state index contributed by atoms with van der Waals surface area (Å²) in [6.07, 6.45) is 8.26. The number of aryl methyl sites for hydroxylation is 1. The Morgan fingerprint density at radius 2 is 2.00 bits per heavy atom. The molecule has 0 spiro atoms. The molecule has 0 radical (unpaired) electrons. The van der Waals surface area contributed by atoms with Crippen LogP contribution in [0.3, 0.4) is 0 Å². The van der Waals surface area contributed by atoms with Gasteiger partial charge in [0.25, 0.3) is 5.91 Å². The number of thioether (sulfide) groups is 1. The van der Waals surface area contributed by atoms with Crippen molar-refractivity contribution >= 4 is 57.2 Å². The molecule has 5 rings (SSSR count). The fraction of sp³-hybridized carbons (Fsp3) is 0.519. The normalized spacial score (nSPS) is 16.1. The zero-order valence-corrected chi connectivity index (χ0v) is 24.6. The van der Waals surface area contributed by atoms with Gasteiger partial charge in [-0.05, 0) is 63.0 Å². The molecule has 0 aromatic carbocycles. The first-order valence-electron chi connectivity index (χ1n) is 13.5. The Kier molecular flexibility index (Phi) is 9.03. The van der Waals surface area contributed by atoms with Crippen LogP contribution in [0.5, 0.6) is 0 Å². The highest BCUT2D eigenvalue weighted by atomic mass is 32.2. The van der Waals surface area contributed by atoms with E-state index in [1.165, 1.54) is 40.9 Å². The molecule has 0 aliphatic heterocycles. The molecule has 12 heteroatoms. The second-order valence-electron chi connectivity index (χ2n) is 9.75. The van der Waals surface area contributed by atoms with Crippen LogP contribution in [0, 0.1) is 0 Å². The highest BCUT2D eigenvalue weighted by Crippen LogP contribution is 2.40. The summed E-state index contributed by atoms with van der Waals surface area (Å²) in [6, 6.07) is 3.88. The van der Waals surface area contributed by atoms with Gasteiger partial charge >= 0.3 is 5.97 Å². The molecule has 0 bridgehead atoms. The Labute approximate surface area is 240 Å². The molecule has 2 aliphatic carbocycles. The number of amides is 2. The van der Waals surface area contributed by atoms with Gasteiger partial charge in [0.15, 0.2) is 11.0 Å². The molecule has 3 heterocycles. The van der Waals surface area contributed by atoms with Crippen LogP contribution < -0.4 is 10.6 Å². The Morgan fingerprint density at radius 1 is 1.18 bits per heavy atom. The molecule has 39 heavy (non-hydrogen) atoms. The van der Waals surface area contributed by atoms with Gasteiger partial charge in [0.1, 0.15) is 5.00 Å². The van der Waals surface area contributed by atoms with Gasteiger partial charge in [-0.2, -0.15) is 0 Å². The van der Waals surface area contributed by atoms with E-state index in [4.69, 9.17) is 4.74 Å². The number of anilines is 1. The fourth-order valence-corrected chi connectivity index (χ4v) is 8.06. The number of aromatic nitrogens is 3. The van der Waals surface area contributed by atoms with E-state index in [9.17, 15) is 14.4 Å². The van der Waals surface area contributed by atoms with E-state index in [0.717, 1.165) is 55.4 Å². The predicted molar refractivity (Wildman–Crippen MR) is 154 cm³/mol. The summed E-state index contributed by atoms with van der Waals surface area (Å²) in [5.74, 6) is -0.0124. The van der Waals surface area contributed by atoms with Crippen molar-refractivity contribution in [1.82, 2.24) is 20.1 Å². The van der Waals surface area contributed by atoms with Crippen LogP contribution in [-0.4, -0.2) is 44.4 Å². The van der Waals surface area contributed by atoms with Crippen LogP contribution in [0.4, 0.5) is 5.00 Å². The summed E-state index contributed by atoms with van der Waals surface area (Å²) < 4.78 is 7.42. The zero-order chi connectivity index (χ0) is 27.4. The molecular weight excluding hydrogens is 555 g/mol. The first-order valence-corrected chi connectivity index (χ1v) is 16.1. The summed E-state index contributed by atoms with van der Waals surface area (Å²) in [4.78, 5) is 40.4. The largest absolute Gasteiger partial charge is 0.462 e. The second-order valence-corrected chi connectivity index (χ2v) is 13.1. The SMILES string of the molecule is CCOC(=O)c1c(NC(=O)[C@H](C)Sc2nnc(CNC(=O)c3cccs3)n2C2CCCCC2)sc2c1CCC2. The van der Waals surface area contributed by atoms with Crippen molar-refractivity contribution in [2.24, 2.45) is 0 Å². The predicted octanol–water partition coefficient (Wildman–Crippen LogP) is 5.62. The third kappa shape index (κ3) is 6.22. The number of esters is 1. The maximum atomic E-state index is 13.3. The summed E-state index contributed by atoms with van der Waals surface area (Å²) in [6.45, 7) is 4.18. The van der Waals surface area contributed by atoms with Crippen molar-refractivity contribution < 1.29 is 19.1 Å². The van der Waals surface area contributed by atoms with E-state index in [2.05, 4.69) is 25.4 Å². The summed E-state index contributed by atoms with van der Waals surface area (Å²) in [7, 11) is 0. The van der Waals surface area contributed by atoms with Gasteiger partial charge in [0.05, 0.1) is 28.8 Å². The molecule has 3 aromatic rings. The highest BCUT2D eigenvalue weighted by molar-refractivity contribution is 8.00. The lowest BCUT2D eigenvalue weighted by Crippen LogP contribution is -2.26. The molecule has 1 atom stereocenters. The number of fused-ring (bicyclic) bond motifs is 1. The van der Waals surface area contributed by atoms with E-state index in [0.29, 0.717) is 26.4 Å². The first kappa shape index (κ1) is 27.9. The van der Waals surface area contributed by atoms with Gasteiger partial charge in [0, 0.05) is 10.9 Å². The quantitative estimate of drug-likeness (QED) is 0.234. The van der Waals surface area contributed by atoms with Gasteiger partial charge in [-0.3, -0.25) is 9.59 Å². The average Bonchev–Trinajstić information content (AvgIpc) is 3.73. The van der Waals surface area contributed by atoms with Crippen LogP contribution in [-0.2, 0) is 28.9 Å². The van der Waals surface area contributed by atoms with Crippen molar-refractivity contribution in [2.75, 3.05) is 11.9 Å². The minimum atomic E-state index is -0.475. The topological polar surface area (TPSA) is 115 Å². The zero-order valence-electron chi connectivity index (χ0n) is 22.2. The van der Waals surface area contributed by atoms with Crippen molar-refractivity contribution in [1.29, 1.82) is 0 Å². The number of carbonyl (C=O) groups excluding carboxylic acids is 3. The van der Waals surface area contributed by atoms with E-state index in [1.807, 2.05) is 18.4 Å². The van der Waals surface area contributed by atoms with Crippen LogP contribution in [0.15, 0.2) is 22.7 Å². The summed E-state index contributed by atoms with van der Waals surface area (Å²) in [5, 5.41) is 17.5. The lowest BCUT2D eigenvalue weighted by molar-refractivity contribution is -0.115. The molecule has 2 N–H and O–H groups in total. The van der Waals surface area contributed by atoms with Gasteiger partial charge in [0.2, 0.25) is 5.91 Å². The van der Waals surface area contributed by atoms with Crippen molar-refractivity contribution in [3.8, 4) is 0 Å². The number of rotatable bonds is 10. The Balaban J connectivity index is 1.31. The van der Waals surface area contributed by atoms with Gasteiger partial charge in [-0.1, -0.05) is 37.1 Å². The number of nitrogens with zero attached hydrogens (tertiary/aromatic N) is 3. The molecule has 9 nitrogen and oxygen atoms in total. The monoisotopic (exact) mass is 587 g/mol. The molecule has 208 valence electrons. The maximum Gasteiger partial charge on any atom is 0.341 e. The van der Waals surface area contributed by atoms with Crippen LogP contribution >= 0.6 is 34.4 Å². The van der Waals surface area contributed by atoms with Gasteiger partial charge in [-0.25, -0.2) is 4.79 Å². The van der Waals surface area contributed by atoms with Crippen LogP contribution in [0.25, 0.3) is 0 Å². The molecular formula is C27H33N5O4S3. The molecule has 0 saturated heterocycles. The highest BCUT2D eigenvalue weighted by Gasteiger charge is 2.30. The van der Waals surface area contributed by atoms with Crippen molar-refractivity contribution in [3.63, 3.8) is 0 Å². The van der Waals surface area contributed by atoms with Crippen LogP contribution in [0.1, 0.15) is 94.7 Å². The Morgan fingerprint density at radius 3 is 2.74 bits per heavy atom.